The van der Waals surface area contributed by atoms with Crippen LogP contribution in [0.15, 0.2) is 64.3 Å². The second kappa shape index (κ2) is 19.7. The summed E-state index contributed by atoms with van der Waals surface area (Å²) in [5.74, 6) is -1.61. The lowest BCUT2D eigenvalue weighted by molar-refractivity contribution is -0.124. The third-order valence-electron chi connectivity index (χ3n) is 9.43. The Balaban J connectivity index is 0.000000460. The predicted molar refractivity (Wildman–Crippen MR) is 206 cm³/mol. The monoisotopic (exact) mass is 780 g/mol. The molecule has 0 spiro atoms. The van der Waals surface area contributed by atoms with Crippen molar-refractivity contribution in [1.29, 1.82) is 0 Å². The van der Waals surface area contributed by atoms with Crippen LogP contribution in [0.2, 0.25) is 0 Å². The highest BCUT2D eigenvalue weighted by Gasteiger charge is 2.36. The third kappa shape index (κ3) is 11.3. The van der Waals surface area contributed by atoms with Gasteiger partial charge in [0.15, 0.2) is 11.5 Å². The summed E-state index contributed by atoms with van der Waals surface area (Å²) < 4.78 is 5.28. The van der Waals surface area contributed by atoms with Gasteiger partial charge in [0.25, 0.3) is 0 Å². The van der Waals surface area contributed by atoms with Crippen molar-refractivity contribution in [2.24, 2.45) is 16.4 Å². The molecule has 0 radical (unpaired) electrons. The molecule has 2 aromatic carbocycles. The molecule has 1 saturated carbocycles. The molecule has 4 atom stereocenters. The van der Waals surface area contributed by atoms with E-state index in [9.17, 15) is 24.3 Å². The minimum absolute atomic E-state index is 0.0924. The maximum atomic E-state index is 14.0. The molecule has 304 valence electrons. The van der Waals surface area contributed by atoms with E-state index in [0.717, 1.165) is 54.7 Å². The summed E-state index contributed by atoms with van der Waals surface area (Å²) in [4.78, 5) is 57.1. The lowest BCUT2D eigenvalue weighted by atomic mass is 9.83. The van der Waals surface area contributed by atoms with E-state index < -0.39 is 54.3 Å². The number of rotatable bonds is 14. The smallest absolute Gasteiger partial charge is 0.357 e. The van der Waals surface area contributed by atoms with Crippen molar-refractivity contribution < 1.29 is 54.2 Å². The average molecular weight is 781 g/mol. The maximum Gasteiger partial charge on any atom is 0.357 e. The van der Waals surface area contributed by atoms with Crippen LogP contribution in [-0.2, 0) is 9.59 Å². The Hall–Kier alpha value is -5.04. The summed E-state index contributed by atoms with van der Waals surface area (Å²) in [5, 5.41) is 65.4. The highest BCUT2D eigenvalue weighted by molar-refractivity contribution is 6.13. The molecule has 17 nitrogen and oxygen atoms in total. The molecule has 8 N–H and O–H groups in total. The fraction of sp³-hybridized carbons (Fsp3) is 0.487. The molecule has 3 amide bonds. The van der Waals surface area contributed by atoms with Gasteiger partial charge in [0.05, 0.1) is 30.7 Å². The van der Waals surface area contributed by atoms with Crippen LogP contribution in [0, 0.1) is 11.3 Å². The molecule has 1 aliphatic heterocycles. The third-order valence-corrected chi connectivity index (χ3v) is 9.43. The quantitative estimate of drug-likeness (QED) is 0.117. The number of carbonyl (C=O) groups is 4. The lowest BCUT2D eigenvalue weighted by Gasteiger charge is -2.28. The number of carboxylic acid groups (broad SMARTS) is 1. The second-order valence-corrected chi connectivity index (χ2v) is 14.8. The number of Topliss-reactive ketones (excluding diaryl/α,β-unsaturated/α-hetero) is 1. The van der Waals surface area contributed by atoms with E-state index in [1.165, 1.54) is 4.90 Å². The van der Waals surface area contributed by atoms with Crippen LogP contribution in [0.5, 0.6) is 0 Å². The zero-order valence-corrected chi connectivity index (χ0v) is 32.0. The number of benzene rings is 2. The van der Waals surface area contributed by atoms with Crippen LogP contribution in [0.25, 0.3) is 11.5 Å². The minimum Gasteiger partial charge on any atom is -0.476 e. The summed E-state index contributed by atoms with van der Waals surface area (Å²) in [6.07, 6.45) is 0.518. The first-order valence-corrected chi connectivity index (χ1v) is 18.4. The molecule has 17 heteroatoms. The Labute approximate surface area is 324 Å². The topological polar surface area (TPSA) is 259 Å². The van der Waals surface area contributed by atoms with Crippen molar-refractivity contribution in [3.63, 3.8) is 0 Å². The first-order valence-electron chi connectivity index (χ1n) is 18.4. The van der Waals surface area contributed by atoms with Crippen LogP contribution < -0.4 is 15.5 Å². The maximum absolute atomic E-state index is 14.0. The number of oxazole rings is 1. The summed E-state index contributed by atoms with van der Waals surface area (Å²) in [6, 6.07) is 13.5. The first-order chi connectivity index (χ1) is 26.5. The number of hydrazone groups is 1. The number of hydrogen-bond donors (Lipinski definition) is 8. The summed E-state index contributed by atoms with van der Waals surface area (Å²) in [5.41, 5.74) is 2.13. The molecular weight excluding hydrogens is 728 g/mol. The summed E-state index contributed by atoms with van der Waals surface area (Å²) >= 11 is 0. The van der Waals surface area contributed by atoms with Crippen molar-refractivity contribution in [2.45, 2.75) is 77.3 Å². The van der Waals surface area contributed by atoms with Gasteiger partial charge in [-0.25, -0.2) is 19.6 Å². The Morgan fingerprint density at radius 1 is 0.946 bits per heavy atom. The number of likely N-dealkylation sites (N-methyl/N-ethyl adjacent to an activating group) is 1. The van der Waals surface area contributed by atoms with Crippen molar-refractivity contribution in [3.05, 3.63) is 66.1 Å². The predicted octanol–water partition coefficient (Wildman–Crippen LogP) is 2.46. The van der Waals surface area contributed by atoms with E-state index in [1.807, 2.05) is 45.0 Å². The van der Waals surface area contributed by atoms with Crippen molar-refractivity contribution in [1.82, 2.24) is 15.3 Å². The van der Waals surface area contributed by atoms with Crippen LogP contribution in [0.4, 0.5) is 16.2 Å². The molecular formula is C39H52N6O11. The molecule has 2 aliphatic rings. The highest BCUT2D eigenvalue weighted by atomic mass is 16.4. The molecule has 1 fully saturated rings. The van der Waals surface area contributed by atoms with Gasteiger partial charge in [-0.3, -0.25) is 14.5 Å². The molecule has 0 bridgehead atoms. The molecule has 0 unspecified atom stereocenters. The van der Waals surface area contributed by atoms with Crippen LogP contribution in [0.1, 0.15) is 68.9 Å². The van der Waals surface area contributed by atoms with Gasteiger partial charge in [-0.15, -0.1) is 0 Å². The van der Waals surface area contributed by atoms with Gasteiger partial charge in [-0.1, -0.05) is 64.3 Å². The Bertz CT molecular complexity index is 1850. The highest BCUT2D eigenvalue weighted by Crippen LogP contribution is 2.35. The second-order valence-electron chi connectivity index (χ2n) is 14.8. The first kappa shape index (κ1) is 43.7. The van der Waals surface area contributed by atoms with Gasteiger partial charge in [-0.2, -0.15) is 5.10 Å². The van der Waals surface area contributed by atoms with Crippen molar-refractivity contribution in [2.75, 3.05) is 43.5 Å². The lowest BCUT2D eigenvalue weighted by Crippen LogP contribution is -2.48. The fourth-order valence-corrected chi connectivity index (χ4v) is 6.17. The molecule has 0 saturated heterocycles. The number of hydrogen-bond acceptors (Lipinski definition) is 13. The SMILES string of the molecule is CC(C)(C)C(=O)CN1C(=O)N(CC(=O)Nc2cccc(-c3nc(C(=O)O)co3)c2)N=C(C2CCCCC2)c2ccccc21.CNC[C@H](O)[C@@H](O)[C@H](O)[C@H](O)CO. The van der Waals surface area contributed by atoms with E-state index in [1.54, 1.807) is 31.3 Å². The zero-order valence-electron chi connectivity index (χ0n) is 32.0. The number of para-hydroxylation sites is 1. The molecule has 1 aromatic heterocycles. The Morgan fingerprint density at radius 2 is 1.62 bits per heavy atom. The number of aliphatic hydroxyl groups is 5. The molecule has 5 rings (SSSR count). The average Bonchev–Trinajstić information content (AvgIpc) is 3.65. The molecule has 1 aliphatic carbocycles. The van der Waals surface area contributed by atoms with Gasteiger partial charge < -0.3 is 45.7 Å². The van der Waals surface area contributed by atoms with Gasteiger partial charge in [0.1, 0.15) is 31.1 Å². The minimum atomic E-state index is -1.55. The van der Waals surface area contributed by atoms with Gasteiger partial charge in [0.2, 0.25) is 11.8 Å². The number of aliphatic hydroxyl groups excluding tert-OH is 5. The largest absolute Gasteiger partial charge is 0.476 e. The number of ketones is 1. The number of carbonyl (C=O) groups excluding carboxylic acids is 3. The number of anilines is 2. The number of urea groups is 1. The summed E-state index contributed by atoms with van der Waals surface area (Å²) in [6.45, 7) is 4.34. The van der Waals surface area contributed by atoms with Crippen LogP contribution in [-0.4, -0.2) is 128 Å². The number of aromatic carboxylic acids is 1. The standard InChI is InChI=1S/C32H35N5O6.C7H17NO5/c1-32(2,3)26(38)17-36-25-15-8-7-14-23(25)28(20-10-5-4-6-11-20)35-37(31(36)42)18-27(39)33-22-13-9-12-21(16-22)29-34-24(19-43-29)30(40)41;1-8-2-4(10)6(12)7(13)5(11)3-9/h7-9,12-16,19-20H,4-6,10-11,17-18H2,1-3H3,(H,33,39)(H,40,41);4-13H,2-3H2,1H3/t;4-,5+,6+,7+/m.0/s1. The normalized spacial score (nSPS) is 17.0. The van der Waals surface area contributed by atoms with Gasteiger partial charge >= 0.3 is 12.0 Å². The van der Waals surface area contributed by atoms with E-state index in [0.29, 0.717) is 16.9 Å². The number of nitrogens with zero attached hydrogens (tertiary/aromatic N) is 4. The van der Waals surface area contributed by atoms with E-state index in [-0.39, 0.29) is 42.9 Å². The van der Waals surface area contributed by atoms with E-state index >= 15 is 0 Å². The van der Waals surface area contributed by atoms with Crippen molar-refractivity contribution in [3.8, 4) is 11.5 Å². The van der Waals surface area contributed by atoms with Crippen LogP contribution >= 0.6 is 0 Å². The number of nitrogens with one attached hydrogen (secondary N) is 2. The van der Waals surface area contributed by atoms with Gasteiger partial charge in [-0.05, 0) is 44.2 Å². The van der Waals surface area contributed by atoms with Crippen molar-refractivity contribution >= 4 is 40.8 Å². The van der Waals surface area contributed by atoms with Gasteiger partial charge in [0, 0.05) is 34.7 Å². The number of aromatic nitrogens is 1. The number of carboxylic acids is 1. The molecule has 56 heavy (non-hydrogen) atoms. The Morgan fingerprint density at radius 3 is 2.25 bits per heavy atom. The van der Waals surface area contributed by atoms with E-state index in [2.05, 4.69) is 15.6 Å². The number of amides is 3. The Kier molecular flexibility index (Phi) is 15.4. The summed E-state index contributed by atoms with van der Waals surface area (Å²) in [7, 11) is 1.57. The van der Waals surface area contributed by atoms with E-state index in [4.69, 9.17) is 35.1 Å². The fourth-order valence-electron chi connectivity index (χ4n) is 6.17. The number of fused-ring (bicyclic) bond motifs is 1. The molecule has 2 heterocycles. The van der Waals surface area contributed by atoms with Crippen LogP contribution in [0.3, 0.4) is 0 Å². The zero-order chi connectivity index (χ0) is 41.2. The molecule has 3 aromatic rings.